The van der Waals surface area contributed by atoms with Crippen molar-refractivity contribution in [3.8, 4) is 0 Å². The Morgan fingerprint density at radius 2 is 1.53 bits per heavy atom. The number of aliphatic hydroxyl groups is 1. The van der Waals surface area contributed by atoms with E-state index >= 15 is 0 Å². The Hall–Kier alpha value is -0.630. The molecule has 1 atom stereocenters. The van der Waals surface area contributed by atoms with Crippen LogP contribution < -0.4 is 0 Å². The van der Waals surface area contributed by atoms with E-state index in [0.717, 1.165) is 12.8 Å². The highest BCUT2D eigenvalue weighted by Gasteiger charge is 2.09. The van der Waals surface area contributed by atoms with Gasteiger partial charge in [0.25, 0.3) is 0 Å². The minimum absolute atomic E-state index is 0.246. The summed E-state index contributed by atoms with van der Waals surface area (Å²) in [5, 5.41) is 9.40. The van der Waals surface area contributed by atoms with E-state index in [1.165, 1.54) is 51.0 Å². The van der Waals surface area contributed by atoms with Crippen LogP contribution in [0.5, 0.6) is 0 Å². The summed E-state index contributed by atoms with van der Waals surface area (Å²) in [5.74, 6) is -0.246. The van der Waals surface area contributed by atoms with Crippen molar-refractivity contribution in [2.24, 2.45) is 0 Å². The van der Waals surface area contributed by atoms with Crippen molar-refractivity contribution in [3.63, 3.8) is 0 Å². The van der Waals surface area contributed by atoms with Crippen molar-refractivity contribution in [1.82, 2.24) is 0 Å². The van der Waals surface area contributed by atoms with Crippen LogP contribution in [0.4, 0.5) is 0 Å². The fraction of sp³-hybridized carbons (Fsp3) is 0.800. The number of carbonyl (C=O) groups excluding carboxylic acids is 1. The topological polar surface area (TPSA) is 37.3 Å². The molecule has 2 heteroatoms. The van der Waals surface area contributed by atoms with E-state index in [0.29, 0.717) is 6.42 Å². The maximum absolute atomic E-state index is 11.0. The third-order valence-corrected chi connectivity index (χ3v) is 3.11. The second-order valence-corrected chi connectivity index (χ2v) is 4.74. The van der Waals surface area contributed by atoms with E-state index in [4.69, 9.17) is 0 Å². The fourth-order valence-corrected chi connectivity index (χ4v) is 1.93. The number of hydrogen-bond donors (Lipinski definition) is 1. The smallest absolute Gasteiger partial charge is 0.183 e. The molecule has 0 saturated carbocycles. The van der Waals surface area contributed by atoms with Crippen LogP contribution in [-0.4, -0.2) is 17.0 Å². The first-order chi connectivity index (χ1) is 8.22. The second kappa shape index (κ2) is 11.8. The molecule has 0 rings (SSSR count). The zero-order valence-electron chi connectivity index (χ0n) is 11.3. The van der Waals surface area contributed by atoms with Crippen molar-refractivity contribution in [2.75, 3.05) is 0 Å². The lowest BCUT2D eigenvalue weighted by Gasteiger charge is -2.06. The molecule has 0 heterocycles. The standard InChI is InChI=1S/C15H28O2/c1-3-5-6-7-8-9-10-11-12-13-15(17)14(16)4-2/h4,15,17H,2-3,5-13H2,1H3. The SMILES string of the molecule is C=CC(=O)C(O)CCCCCCCCCCC. The van der Waals surface area contributed by atoms with Gasteiger partial charge >= 0.3 is 0 Å². The van der Waals surface area contributed by atoms with Crippen molar-refractivity contribution in [1.29, 1.82) is 0 Å². The predicted octanol–water partition coefficient (Wildman–Crippen LogP) is 4.02. The van der Waals surface area contributed by atoms with Crippen LogP contribution >= 0.6 is 0 Å². The van der Waals surface area contributed by atoms with Gasteiger partial charge in [0.1, 0.15) is 6.10 Å². The highest BCUT2D eigenvalue weighted by molar-refractivity contribution is 5.92. The number of ketones is 1. The van der Waals surface area contributed by atoms with Gasteiger partial charge in [-0.1, -0.05) is 71.3 Å². The van der Waals surface area contributed by atoms with Crippen LogP contribution in [0, 0.1) is 0 Å². The van der Waals surface area contributed by atoms with Crippen LogP contribution in [0.25, 0.3) is 0 Å². The quantitative estimate of drug-likeness (QED) is 0.413. The molecule has 0 aromatic carbocycles. The molecular formula is C15H28O2. The largest absolute Gasteiger partial charge is 0.385 e. The van der Waals surface area contributed by atoms with E-state index in [9.17, 15) is 9.90 Å². The zero-order chi connectivity index (χ0) is 12.9. The predicted molar refractivity (Wildman–Crippen MR) is 73.1 cm³/mol. The average molecular weight is 240 g/mol. The van der Waals surface area contributed by atoms with Crippen molar-refractivity contribution < 1.29 is 9.90 Å². The Morgan fingerprint density at radius 3 is 2.00 bits per heavy atom. The van der Waals surface area contributed by atoms with Crippen molar-refractivity contribution >= 4 is 5.78 Å². The minimum atomic E-state index is -0.822. The van der Waals surface area contributed by atoms with Crippen LogP contribution in [0.15, 0.2) is 12.7 Å². The molecule has 1 unspecified atom stereocenters. The Bertz CT molecular complexity index is 199. The summed E-state index contributed by atoms with van der Waals surface area (Å²) >= 11 is 0. The Morgan fingerprint density at radius 1 is 1.06 bits per heavy atom. The average Bonchev–Trinajstić information content (AvgIpc) is 2.35. The lowest BCUT2D eigenvalue weighted by atomic mass is 10.0. The molecular weight excluding hydrogens is 212 g/mol. The highest BCUT2D eigenvalue weighted by Crippen LogP contribution is 2.11. The molecule has 0 aliphatic carbocycles. The van der Waals surface area contributed by atoms with Gasteiger partial charge in [0.15, 0.2) is 5.78 Å². The van der Waals surface area contributed by atoms with Gasteiger partial charge in [-0.05, 0) is 12.5 Å². The van der Waals surface area contributed by atoms with Gasteiger partial charge in [-0.3, -0.25) is 4.79 Å². The van der Waals surface area contributed by atoms with Gasteiger partial charge in [-0.15, -0.1) is 0 Å². The second-order valence-electron chi connectivity index (χ2n) is 4.74. The lowest BCUT2D eigenvalue weighted by Crippen LogP contribution is -2.17. The molecule has 2 nitrogen and oxygen atoms in total. The summed E-state index contributed by atoms with van der Waals surface area (Å²) in [7, 11) is 0. The molecule has 1 N–H and O–H groups in total. The summed E-state index contributed by atoms with van der Waals surface area (Å²) in [6, 6.07) is 0. The van der Waals surface area contributed by atoms with Gasteiger partial charge in [0.05, 0.1) is 0 Å². The number of aliphatic hydroxyl groups excluding tert-OH is 1. The van der Waals surface area contributed by atoms with Gasteiger partial charge < -0.3 is 5.11 Å². The summed E-state index contributed by atoms with van der Waals surface area (Å²) in [4.78, 5) is 11.0. The van der Waals surface area contributed by atoms with E-state index in [1.54, 1.807) is 0 Å². The molecule has 0 saturated heterocycles. The normalized spacial score (nSPS) is 12.4. The van der Waals surface area contributed by atoms with Crippen LogP contribution in [0.3, 0.4) is 0 Å². The molecule has 100 valence electrons. The van der Waals surface area contributed by atoms with Crippen LogP contribution in [0.1, 0.15) is 71.1 Å². The van der Waals surface area contributed by atoms with Crippen molar-refractivity contribution in [3.05, 3.63) is 12.7 Å². The summed E-state index contributed by atoms with van der Waals surface area (Å²) in [5.41, 5.74) is 0. The maximum atomic E-state index is 11.0. The highest BCUT2D eigenvalue weighted by atomic mass is 16.3. The Labute approximate surface area is 106 Å². The molecule has 0 aliphatic heterocycles. The monoisotopic (exact) mass is 240 g/mol. The molecule has 0 radical (unpaired) electrons. The molecule has 0 aromatic rings. The molecule has 17 heavy (non-hydrogen) atoms. The third kappa shape index (κ3) is 10.3. The van der Waals surface area contributed by atoms with Crippen molar-refractivity contribution in [2.45, 2.75) is 77.2 Å². The first-order valence-corrected chi connectivity index (χ1v) is 7.06. The van der Waals surface area contributed by atoms with Gasteiger partial charge in [0.2, 0.25) is 0 Å². The number of rotatable bonds is 12. The molecule has 0 amide bonds. The molecule has 0 bridgehead atoms. The van der Waals surface area contributed by atoms with E-state index in [2.05, 4.69) is 13.5 Å². The molecule has 0 aromatic heterocycles. The number of carbonyl (C=O) groups is 1. The van der Waals surface area contributed by atoms with Crippen LogP contribution in [0.2, 0.25) is 0 Å². The molecule has 0 spiro atoms. The maximum Gasteiger partial charge on any atom is 0.183 e. The summed E-state index contributed by atoms with van der Waals surface area (Å²) < 4.78 is 0. The fourth-order valence-electron chi connectivity index (χ4n) is 1.93. The first-order valence-electron chi connectivity index (χ1n) is 7.06. The minimum Gasteiger partial charge on any atom is -0.385 e. The molecule has 0 aliphatic rings. The van der Waals surface area contributed by atoms with E-state index < -0.39 is 6.10 Å². The van der Waals surface area contributed by atoms with E-state index in [-0.39, 0.29) is 5.78 Å². The summed E-state index contributed by atoms with van der Waals surface area (Å²) in [6.07, 6.45) is 12.2. The molecule has 0 fully saturated rings. The first kappa shape index (κ1) is 16.4. The number of unbranched alkanes of at least 4 members (excludes halogenated alkanes) is 8. The van der Waals surface area contributed by atoms with Gasteiger partial charge in [-0.2, -0.15) is 0 Å². The van der Waals surface area contributed by atoms with Gasteiger partial charge in [-0.25, -0.2) is 0 Å². The number of hydrogen-bond acceptors (Lipinski definition) is 2. The third-order valence-electron chi connectivity index (χ3n) is 3.11. The zero-order valence-corrected chi connectivity index (χ0v) is 11.3. The Kier molecular flexibility index (Phi) is 11.4. The van der Waals surface area contributed by atoms with Crippen LogP contribution in [-0.2, 0) is 4.79 Å². The van der Waals surface area contributed by atoms with Gasteiger partial charge in [0, 0.05) is 0 Å². The lowest BCUT2D eigenvalue weighted by molar-refractivity contribution is -0.122. The van der Waals surface area contributed by atoms with E-state index in [1.807, 2.05) is 0 Å². The Balaban J connectivity index is 3.18. The summed E-state index contributed by atoms with van der Waals surface area (Å²) in [6.45, 7) is 5.60.